The third-order valence-electron chi connectivity index (χ3n) is 2.83. The molecule has 1 aromatic carbocycles. The number of hydrogen-bond donors (Lipinski definition) is 1. The Balaban J connectivity index is 2.65. The zero-order valence-electron chi connectivity index (χ0n) is 13.1. The molecule has 0 aromatic heterocycles. The lowest BCUT2D eigenvalue weighted by atomic mass is 10.1. The molecule has 0 amide bonds. The van der Waals surface area contributed by atoms with E-state index in [0.29, 0.717) is 5.92 Å². The molecule has 0 saturated carbocycles. The van der Waals surface area contributed by atoms with Crippen molar-refractivity contribution in [3.8, 4) is 11.5 Å². The molecule has 0 aliphatic rings. The first-order valence-corrected chi connectivity index (χ1v) is 8.41. The normalized spacial score (nSPS) is 10.8. The molecule has 1 rings (SSSR count). The molecule has 3 nitrogen and oxygen atoms in total. The Morgan fingerprint density at radius 1 is 1.30 bits per heavy atom. The maximum Gasteiger partial charge on any atom is 0.165 e. The van der Waals surface area contributed by atoms with E-state index in [1.54, 1.807) is 7.11 Å². The zero-order chi connectivity index (χ0) is 14.8. The van der Waals surface area contributed by atoms with E-state index in [9.17, 15) is 0 Å². The summed E-state index contributed by atoms with van der Waals surface area (Å²) in [5, 5.41) is 3.45. The summed E-state index contributed by atoms with van der Waals surface area (Å²) in [5.41, 5.74) is 1.16. The molecule has 0 radical (unpaired) electrons. The zero-order valence-corrected chi connectivity index (χ0v) is 13.9. The van der Waals surface area contributed by atoms with Crippen LogP contribution in [0.3, 0.4) is 0 Å². The molecule has 0 spiro atoms. The molecule has 0 saturated heterocycles. The molecule has 114 valence electrons. The molecule has 0 atom stereocenters. The van der Waals surface area contributed by atoms with Crippen molar-refractivity contribution in [2.24, 2.45) is 5.92 Å². The van der Waals surface area contributed by atoms with Crippen LogP contribution in [0.25, 0.3) is 0 Å². The quantitative estimate of drug-likeness (QED) is 0.669. The summed E-state index contributed by atoms with van der Waals surface area (Å²) in [5.74, 6) is 4.47. The Labute approximate surface area is 127 Å². The molecule has 0 unspecified atom stereocenters. The van der Waals surface area contributed by atoms with Crippen LogP contribution in [0.5, 0.6) is 11.5 Å². The second-order valence-electron chi connectivity index (χ2n) is 5.02. The minimum atomic E-state index is 0.644. The summed E-state index contributed by atoms with van der Waals surface area (Å²) in [4.78, 5) is 0. The van der Waals surface area contributed by atoms with Gasteiger partial charge < -0.3 is 14.8 Å². The Bertz CT molecular complexity index is 383. The number of methoxy groups -OCH3 is 1. The van der Waals surface area contributed by atoms with Crippen molar-refractivity contribution >= 4 is 11.8 Å². The van der Waals surface area contributed by atoms with Crippen LogP contribution >= 0.6 is 11.8 Å². The van der Waals surface area contributed by atoms with Crippen molar-refractivity contribution in [3.63, 3.8) is 0 Å². The van der Waals surface area contributed by atoms with Crippen LogP contribution in [-0.2, 0) is 6.54 Å². The van der Waals surface area contributed by atoms with E-state index in [4.69, 9.17) is 9.47 Å². The number of para-hydroxylation sites is 1. The molecule has 0 aliphatic carbocycles. The highest BCUT2D eigenvalue weighted by Gasteiger charge is 2.10. The minimum Gasteiger partial charge on any atom is -0.493 e. The van der Waals surface area contributed by atoms with Gasteiger partial charge in [-0.15, -0.1) is 0 Å². The second-order valence-corrected chi connectivity index (χ2v) is 6.41. The first-order valence-electron chi connectivity index (χ1n) is 7.26. The van der Waals surface area contributed by atoms with Crippen LogP contribution in [0.2, 0.25) is 0 Å². The smallest absolute Gasteiger partial charge is 0.165 e. The van der Waals surface area contributed by atoms with Crippen molar-refractivity contribution < 1.29 is 9.47 Å². The van der Waals surface area contributed by atoms with E-state index < -0.39 is 0 Å². The number of benzene rings is 1. The third kappa shape index (κ3) is 6.06. The standard InChI is InChI=1S/C16H27NO2S/c1-5-20-10-9-19-16-14(12-17-11-13(2)3)7-6-8-15(16)18-4/h6-8,13,17H,5,9-12H2,1-4H3. The first kappa shape index (κ1) is 17.2. The topological polar surface area (TPSA) is 30.5 Å². The highest BCUT2D eigenvalue weighted by atomic mass is 32.2. The lowest BCUT2D eigenvalue weighted by Gasteiger charge is -2.16. The van der Waals surface area contributed by atoms with Gasteiger partial charge >= 0.3 is 0 Å². The lowest BCUT2D eigenvalue weighted by molar-refractivity contribution is 0.309. The average molecular weight is 297 g/mol. The van der Waals surface area contributed by atoms with E-state index in [1.807, 2.05) is 23.9 Å². The van der Waals surface area contributed by atoms with Crippen LogP contribution in [0.15, 0.2) is 18.2 Å². The number of thioether (sulfide) groups is 1. The number of ether oxygens (including phenoxy) is 2. The molecule has 0 bridgehead atoms. The van der Waals surface area contributed by atoms with Gasteiger partial charge in [-0.05, 0) is 24.3 Å². The predicted molar refractivity (Wildman–Crippen MR) is 88.0 cm³/mol. The summed E-state index contributed by atoms with van der Waals surface area (Å²) in [6.45, 7) is 9.11. The molecule has 0 fully saturated rings. The number of rotatable bonds is 10. The first-order chi connectivity index (χ1) is 9.69. The summed E-state index contributed by atoms with van der Waals surface area (Å²) < 4.78 is 11.3. The van der Waals surface area contributed by atoms with Gasteiger partial charge in [0.15, 0.2) is 11.5 Å². The Morgan fingerprint density at radius 3 is 2.75 bits per heavy atom. The maximum atomic E-state index is 5.93. The highest BCUT2D eigenvalue weighted by Crippen LogP contribution is 2.31. The fourth-order valence-corrected chi connectivity index (χ4v) is 2.36. The SMILES string of the molecule is CCSCCOc1c(CNCC(C)C)cccc1OC. The molecule has 0 heterocycles. The van der Waals surface area contributed by atoms with Gasteiger partial charge in [0.05, 0.1) is 13.7 Å². The molecule has 1 N–H and O–H groups in total. The molecular formula is C16H27NO2S. The summed E-state index contributed by atoms with van der Waals surface area (Å²) in [6.07, 6.45) is 0. The Kier molecular flexibility index (Phi) is 8.54. The third-order valence-corrected chi connectivity index (χ3v) is 3.69. The lowest BCUT2D eigenvalue weighted by Crippen LogP contribution is -2.19. The van der Waals surface area contributed by atoms with Gasteiger partial charge in [-0.25, -0.2) is 0 Å². The molecular weight excluding hydrogens is 270 g/mol. The van der Waals surface area contributed by atoms with Gasteiger partial charge in [-0.2, -0.15) is 11.8 Å². The van der Waals surface area contributed by atoms with Crippen LogP contribution < -0.4 is 14.8 Å². The largest absolute Gasteiger partial charge is 0.493 e. The fourth-order valence-electron chi connectivity index (χ4n) is 1.87. The van der Waals surface area contributed by atoms with Crippen LogP contribution in [-0.4, -0.2) is 31.8 Å². The number of hydrogen-bond acceptors (Lipinski definition) is 4. The van der Waals surface area contributed by atoms with Crippen molar-refractivity contribution in [1.29, 1.82) is 0 Å². The minimum absolute atomic E-state index is 0.644. The van der Waals surface area contributed by atoms with Gasteiger partial charge in [0.1, 0.15) is 0 Å². The second kappa shape index (κ2) is 9.94. The van der Waals surface area contributed by atoms with E-state index in [-0.39, 0.29) is 0 Å². The van der Waals surface area contributed by atoms with E-state index in [2.05, 4.69) is 32.2 Å². The van der Waals surface area contributed by atoms with E-state index in [0.717, 1.165) is 48.3 Å². The number of nitrogens with one attached hydrogen (secondary N) is 1. The molecule has 0 aliphatic heterocycles. The summed E-state index contributed by atoms with van der Waals surface area (Å²) in [6, 6.07) is 6.06. The van der Waals surface area contributed by atoms with E-state index in [1.165, 1.54) is 0 Å². The van der Waals surface area contributed by atoms with Gasteiger partial charge in [0.25, 0.3) is 0 Å². The van der Waals surface area contributed by atoms with E-state index >= 15 is 0 Å². The molecule has 20 heavy (non-hydrogen) atoms. The fraction of sp³-hybridized carbons (Fsp3) is 0.625. The summed E-state index contributed by atoms with van der Waals surface area (Å²) in [7, 11) is 1.69. The Hall–Kier alpha value is -0.870. The summed E-state index contributed by atoms with van der Waals surface area (Å²) >= 11 is 1.89. The van der Waals surface area contributed by atoms with Gasteiger partial charge in [0, 0.05) is 17.9 Å². The van der Waals surface area contributed by atoms with Crippen molar-refractivity contribution in [3.05, 3.63) is 23.8 Å². The van der Waals surface area contributed by atoms with Gasteiger partial charge in [0.2, 0.25) is 0 Å². The van der Waals surface area contributed by atoms with Crippen LogP contribution in [0.1, 0.15) is 26.3 Å². The molecule has 4 heteroatoms. The maximum absolute atomic E-state index is 5.93. The predicted octanol–water partition coefficient (Wildman–Crippen LogP) is 3.57. The van der Waals surface area contributed by atoms with Crippen molar-refractivity contribution in [2.45, 2.75) is 27.3 Å². The Morgan fingerprint density at radius 2 is 2.10 bits per heavy atom. The van der Waals surface area contributed by atoms with Crippen molar-refractivity contribution in [2.75, 3.05) is 31.8 Å². The van der Waals surface area contributed by atoms with Gasteiger partial charge in [-0.1, -0.05) is 32.9 Å². The van der Waals surface area contributed by atoms with Crippen molar-refractivity contribution in [1.82, 2.24) is 5.32 Å². The monoisotopic (exact) mass is 297 g/mol. The van der Waals surface area contributed by atoms with Crippen LogP contribution in [0.4, 0.5) is 0 Å². The molecule has 1 aromatic rings. The van der Waals surface area contributed by atoms with Crippen LogP contribution in [0, 0.1) is 5.92 Å². The van der Waals surface area contributed by atoms with Gasteiger partial charge in [-0.3, -0.25) is 0 Å². The average Bonchev–Trinajstić information content (AvgIpc) is 2.44. The highest BCUT2D eigenvalue weighted by molar-refractivity contribution is 7.99.